The molecule has 0 bridgehead atoms. The van der Waals surface area contributed by atoms with E-state index < -0.39 is 0 Å². The van der Waals surface area contributed by atoms with Crippen LogP contribution in [-0.4, -0.2) is 14.2 Å². The summed E-state index contributed by atoms with van der Waals surface area (Å²) in [7, 11) is 0. The Morgan fingerprint density at radius 2 is 1.95 bits per heavy atom. The van der Waals surface area contributed by atoms with Crippen LogP contribution in [-0.2, 0) is 4.79 Å². The smallest absolute Gasteiger partial charge is 0.155 e. The molecule has 0 heterocycles. The summed E-state index contributed by atoms with van der Waals surface area (Å²) in [6.45, 7) is 2.61. The second-order valence-electron chi connectivity index (χ2n) is 7.89. The number of allylic oxidation sites excluding steroid dienone is 1. The summed E-state index contributed by atoms with van der Waals surface area (Å²) in [5.74, 6) is 4.02. The molecule has 1 nitrogen and oxygen atoms in total. The van der Waals surface area contributed by atoms with Gasteiger partial charge in [-0.2, -0.15) is 0 Å². The Hall–Kier alpha value is 0.01000. The third kappa shape index (κ3) is 2.14. The molecule has 0 saturated heterocycles. The molecule has 0 N–H and O–H groups in total. The highest BCUT2D eigenvalue weighted by molar-refractivity contribution is 14.2. The first-order valence-electron chi connectivity index (χ1n) is 8.72. The maximum Gasteiger partial charge on any atom is 0.155 e. The predicted octanol–water partition coefficient (Wildman–Crippen LogP) is 4.90. The Bertz CT molecular complexity index is 532. The van der Waals surface area contributed by atoms with Crippen molar-refractivity contribution < 1.29 is 4.79 Å². The third-order valence-corrected chi connectivity index (χ3v) is 10.3. The summed E-state index contributed by atoms with van der Waals surface area (Å²) < 4.78 is 1.98. The Morgan fingerprint density at radius 1 is 1.10 bits per heavy atom. The van der Waals surface area contributed by atoms with Gasteiger partial charge < -0.3 is 0 Å². The number of halogens is 1. The zero-order valence-electron chi connectivity index (χ0n) is 13.3. The second kappa shape index (κ2) is 5.28. The predicted molar refractivity (Wildman–Crippen MR) is 97.0 cm³/mol. The molecular formula is C19H27IO. The number of ketones is 1. The minimum Gasteiger partial charge on any atom is -0.295 e. The van der Waals surface area contributed by atoms with E-state index in [9.17, 15) is 4.79 Å². The van der Waals surface area contributed by atoms with E-state index in [-0.39, 0.29) is 0 Å². The van der Waals surface area contributed by atoms with Gasteiger partial charge in [0.25, 0.3) is 0 Å². The van der Waals surface area contributed by atoms with Gasteiger partial charge in [-0.25, -0.2) is 0 Å². The summed E-state index contributed by atoms with van der Waals surface area (Å²) in [4.78, 5) is 14.2. The first-order chi connectivity index (χ1) is 10.1. The summed E-state index contributed by atoms with van der Waals surface area (Å²) in [6.07, 6.45) is 12.4. The van der Waals surface area contributed by atoms with Gasteiger partial charge in [-0.3, -0.25) is 4.79 Å². The topological polar surface area (TPSA) is 17.1 Å². The highest BCUT2D eigenvalue weighted by Crippen LogP contribution is 2.61. The molecule has 0 amide bonds. The first kappa shape index (κ1) is 14.6. The Balaban J connectivity index is 1.64. The van der Waals surface area contributed by atoms with E-state index in [0.717, 1.165) is 36.5 Å². The largest absolute Gasteiger partial charge is 0.295 e. The van der Waals surface area contributed by atoms with Gasteiger partial charge in [0.15, 0.2) is 5.78 Å². The van der Waals surface area contributed by atoms with Crippen molar-refractivity contribution in [2.75, 3.05) is 4.93 Å². The minimum atomic E-state index is 0.321. The molecule has 116 valence electrons. The fourth-order valence-corrected chi connectivity index (χ4v) is 9.00. The number of hydrogen-bond acceptors (Lipinski definition) is 1. The van der Waals surface area contributed by atoms with Crippen molar-refractivity contribution in [3.63, 3.8) is 0 Å². The zero-order valence-corrected chi connectivity index (χ0v) is 15.5. The van der Waals surface area contributed by atoms with Crippen molar-refractivity contribution in [1.82, 2.24) is 0 Å². The van der Waals surface area contributed by atoms with Crippen LogP contribution in [0, 0.1) is 29.1 Å². The van der Waals surface area contributed by atoms with Gasteiger partial charge in [0.05, 0.1) is 0 Å². The molecule has 0 aromatic carbocycles. The number of hydrogen-bond donors (Lipinski definition) is 0. The second-order valence-corrected chi connectivity index (χ2v) is 10.3. The normalized spacial score (nSPS) is 48.0. The van der Waals surface area contributed by atoms with Crippen molar-refractivity contribution in [2.24, 2.45) is 29.1 Å². The maximum atomic E-state index is 11.7. The quantitative estimate of drug-likeness (QED) is 0.419. The molecule has 4 rings (SSSR count). The van der Waals surface area contributed by atoms with Gasteiger partial charge in [0.1, 0.15) is 0 Å². The molecule has 5 atom stereocenters. The Kier molecular flexibility index (Phi) is 3.67. The molecule has 3 unspecified atom stereocenters. The summed E-state index contributed by atoms with van der Waals surface area (Å²) in [5.41, 5.74) is 2.13. The lowest BCUT2D eigenvalue weighted by Crippen LogP contribution is -2.46. The van der Waals surface area contributed by atoms with Crippen LogP contribution < -0.4 is 0 Å². The van der Waals surface area contributed by atoms with Crippen LogP contribution in [0.5, 0.6) is 0 Å². The van der Waals surface area contributed by atoms with E-state index in [1.54, 1.807) is 0 Å². The van der Waals surface area contributed by atoms with Crippen molar-refractivity contribution >= 4 is 30.0 Å². The fraction of sp³-hybridized carbons (Fsp3) is 0.789. The number of rotatable bonds is 0. The SMILES string of the molecule is CI=C1CCC2C3CCC4=CC(=O)CC[C@@H]4C3CC[C@]12C. The standard InChI is InChI=1S/C19H27IO/c1-19-10-9-15-14-6-4-13(21)11-12(14)3-5-16(15)17(19)7-8-18(19)20-2/h11,14-17H,3-10H2,1-2H3/t14-,15?,16?,17?,19-/m0/s1. The molecule has 2 heteroatoms. The molecule has 0 aromatic rings. The number of fused-ring (bicyclic) bond motifs is 5. The third-order valence-electron chi connectivity index (χ3n) is 7.21. The van der Waals surface area contributed by atoms with Crippen LogP contribution in [0.15, 0.2) is 11.6 Å². The van der Waals surface area contributed by atoms with Crippen LogP contribution in [0.4, 0.5) is 0 Å². The van der Waals surface area contributed by atoms with Gasteiger partial charge in [0, 0.05) is 6.42 Å². The molecule has 0 aliphatic heterocycles. The van der Waals surface area contributed by atoms with Gasteiger partial charge in [0.2, 0.25) is 0 Å². The Labute approximate surface area is 138 Å². The highest BCUT2D eigenvalue weighted by atomic mass is 127. The van der Waals surface area contributed by atoms with Crippen LogP contribution in [0.1, 0.15) is 58.3 Å². The van der Waals surface area contributed by atoms with Crippen molar-refractivity contribution in [2.45, 2.75) is 58.3 Å². The minimum absolute atomic E-state index is 0.321. The fourth-order valence-electron chi connectivity index (χ4n) is 6.25. The average molecular weight is 398 g/mol. The van der Waals surface area contributed by atoms with E-state index in [2.05, 4.69) is 11.9 Å². The molecule has 0 radical (unpaired) electrons. The van der Waals surface area contributed by atoms with E-state index in [4.69, 9.17) is 0 Å². The average Bonchev–Trinajstić information content (AvgIpc) is 2.83. The van der Waals surface area contributed by atoms with Crippen LogP contribution >= 0.6 is 20.7 Å². The molecule has 0 aromatic heterocycles. The molecular weight excluding hydrogens is 371 g/mol. The summed E-state index contributed by atoms with van der Waals surface area (Å²) >= 11 is 0.321. The van der Waals surface area contributed by atoms with Gasteiger partial charge in [-0.15, -0.1) is 20.7 Å². The zero-order chi connectivity index (χ0) is 14.6. The van der Waals surface area contributed by atoms with Crippen molar-refractivity contribution in [1.29, 1.82) is 0 Å². The monoisotopic (exact) mass is 398 g/mol. The maximum absolute atomic E-state index is 11.7. The van der Waals surface area contributed by atoms with Gasteiger partial charge >= 0.3 is 0 Å². The molecule has 3 fully saturated rings. The lowest BCUT2D eigenvalue weighted by molar-refractivity contribution is -0.115. The molecule has 21 heavy (non-hydrogen) atoms. The summed E-state index contributed by atoms with van der Waals surface area (Å²) in [5, 5.41) is 0. The Morgan fingerprint density at radius 3 is 2.76 bits per heavy atom. The van der Waals surface area contributed by atoms with Crippen molar-refractivity contribution in [3.8, 4) is 0 Å². The van der Waals surface area contributed by atoms with Gasteiger partial charge in [-0.05, 0) is 88.5 Å². The molecule has 4 aliphatic carbocycles. The molecule has 4 aliphatic rings. The first-order valence-corrected chi connectivity index (χ1v) is 12.0. The molecule has 0 spiro atoms. The van der Waals surface area contributed by atoms with E-state index in [1.807, 2.05) is 9.58 Å². The lowest BCUT2D eigenvalue weighted by atomic mass is 9.52. The number of carbonyl (C=O) groups is 1. The van der Waals surface area contributed by atoms with E-state index >= 15 is 0 Å². The summed E-state index contributed by atoms with van der Waals surface area (Å²) in [6, 6.07) is 0. The highest BCUT2D eigenvalue weighted by Gasteiger charge is 2.54. The molecule has 3 saturated carbocycles. The number of alkyl halides is 1. The van der Waals surface area contributed by atoms with E-state index in [1.165, 1.54) is 44.1 Å². The van der Waals surface area contributed by atoms with Crippen LogP contribution in [0.25, 0.3) is 0 Å². The lowest BCUT2D eigenvalue weighted by Gasteiger charge is -2.52. The number of carbonyl (C=O) groups excluding carboxylic acids is 1. The van der Waals surface area contributed by atoms with Crippen LogP contribution in [0.2, 0.25) is 0 Å². The van der Waals surface area contributed by atoms with Gasteiger partial charge in [-0.1, -0.05) is 12.5 Å². The van der Waals surface area contributed by atoms with Crippen LogP contribution in [0.3, 0.4) is 0 Å². The van der Waals surface area contributed by atoms with E-state index in [0.29, 0.717) is 31.9 Å². The van der Waals surface area contributed by atoms with Crippen molar-refractivity contribution in [3.05, 3.63) is 11.6 Å².